The van der Waals surface area contributed by atoms with Crippen LogP contribution in [0.1, 0.15) is 26.3 Å². The van der Waals surface area contributed by atoms with Gasteiger partial charge in [0, 0.05) is 27.8 Å². The van der Waals surface area contributed by atoms with E-state index in [2.05, 4.69) is 4.72 Å². The lowest BCUT2D eigenvalue weighted by Crippen LogP contribution is -2.44. The van der Waals surface area contributed by atoms with E-state index in [1.165, 1.54) is 34.9 Å². The van der Waals surface area contributed by atoms with Gasteiger partial charge in [-0.2, -0.15) is 4.57 Å². The standard InChI is InChI=1S/C22H15ClN2O4S/c1-14-5-4-12-25(13-14)20-19(21(26)17-6-2-3-7-18(17)22(20)27)24-30(28,29)16-10-8-15(23)9-11-16/h2-13H,1H3/p+1. The molecule has 0 saturated carbocycles. The van der Waals surface area contributed by atoms with E-state index in [1.807, 2.05) is 13.0 Å². The van der Waals surface area contributed by atoms with Crippen molar-refractivity contribution in [1.82, 2.24) is 4.72 Å². The van der Waals surface area contributed by atoms with Crippen LogP contribution in [0.5, 0.6) is 0 Å². The van der Waals surface area contributed by atoms with Crippen molar-refractivity contribution in [2.24, 2.45) is 0 Å². The molecular formula is C22H16ClN2O4S+. The molecule has 1 aliphatic rings. The van der Waals surface area contributed by atoms with Gasteiger partial charge in [-0.3, -0.25) is 14.3 Å². The molecule has 0 aliphatic heterocycles. The number of aromatic nitrogens is 1. The number of Topliss-reactive ketones (excluding diaryl/α,β-unsaturated/α-hetero) is 2. The average molecular weight is 440 g/mol. The molecule has 30 heavy (non-hydrogen) atoms. The minimum Gasteiger partial charge on any atom is -0.287 e. The Bertz CT molecular complexity index is 1330. The molecule has 4 rings (SSSR count). The van der Waals surface area contributed by atoms with Crippen LogP contribution in [0.3, 0.4) is 0 Å². The molecular weight excluding hydrogens is 424 g/mol. The Morgan fingerprint density at radius 2 is 1.50 bits per heavy atom. The number of benzene rings is 2. The van der Waals surface area contributed by atoms with E-state index in [1.54, 1.807) is 36.7 Å². The van der Waals surface area contributed by atoms with Crippen LogP contribution in [-0.2, 0) is 10.0 Å². The predicted octanol–water partition coefficient (Wildman–Crippen LogP) is 3.16. The zero-order chi connectivity index (χ0) is 21.5. The van der Waals surface area contributed by atoms with Gasteiger partial charge < -0.3 is 0 Å². The summed E-state index contributed by atoms with van der Waals surface area (Å²) in [6.07, 6.45) is 3.25. The highest BCUT2D eigenvalue weighted by Gasteiger charge is 2.40. The Hall–Kier alpha value is -3.29. The number of carbonyl (C=O) groups is 2. The lowest BCUT2D eigenvalue weighted by atomic mass is 9.90. The second-order valence-corrected chi connectivity index (χ2v) is 8.89. The number of carbonyl (C=O) groups excluding carboxylic acids is 2. The van der Waals surface area contributed by atoms with E-state index in [4.69, 9.17) is 11.6 Å². The summed E-state index contributed by atoms with van der Waals surface area (Å²) >= 11 is 5.84. The molecule has 1 aliphatic carbocycles. The van der Waals surface area contributed by atoms with Crippen molar-refractivity contribution in [2.45, 2.75) is 11.8 Å². The van der Waals surface area contributed by atoms with Crippen LogP contribution in [0, 0.1) is 6.92 Å². The van der Waals surface area contributed by atoms with Gasteiger partial charge in [0.15, 0.2) is 18.1 Å². The van der Waals surface area contributed by atoms with Crippen LogP contribution in [0.15, 0.2) is 83.6 Å². The Kier molecular flexibility index (Phi) is 5.01. The number of hydrogen-bond donors (Lipinski definition) is 1. The van der Waals surface area contributed by atoms with Gasteiger partial charge in [-0.15, -0.1) is 0 Å². The van der Waals surface area contributed by atoms with Crippen molar-refractivity contribution >= 4 is 38.9 Å². The van der Waals surface area contributed by atoms with Crippen molar-refractivity contribution in [3.8, 4) is 0 Å². The van der Waals surface area contributed by atoms with Gasteiger partial charge in [-0.1, -0.05) is 35.9 Å². The number of halogens is 1. The molecule has 1 N–H and O–H groups in total. The third-order valence-electron chi connectivity index (χ3n) is 4.66. The van der Waals surface area contributed by atoms with E-state index in [-0.39, 0.29) is 27.4 Å². The second-order valence-electron chi connectivity index (χ2n) is 6.78. The number of aryl methyl sites for hydroxylation is 1. The first kappa shape index (κ1) is 20.0. The number of rotatable bonds is 4. The van der Waals surface area contributed by atoms with Crippen LogP contribution in [0.2, 0.25) is 5.02 Å². The smallest absolute Gasteiger partial charge is 0.287 e. The Morgan fingerprint density at radius 3 is 2.13 bits per heavy atom. The highest BCUT2D eigenvalue weighted by Crippen LogP contribution is 2.26. The van der Waals surface area contributed by atoms with Crippen LogP contribution in [0.4, 0.5) is 0 Å². The molecule has 0 bridgehead atoms. The van der Waals surface area contributed by atoms with E-state index >= 15 is 0 Å². The fraction of sp³-hybridized carbons (Fsp3) is 0.0455. The number of nitrogens with one attached hydrogen (secondary N) is 1. The van der Waals surface area contributed by atoms with Crippen LogP contribution >= 0.6 is 11.6 Å². The number of pyridine rings is 1. The first-order chi connectivity index (χ1) is 14.3. The molecule has 8 heteroatoms. The predicted molar refractivity (Wildman–Crippen MR) is 111 cm³/mol. The molecule has 0 saturated heterocycles. The Labute approximate surface area is 178 Å². The summed E-state index contributed by atoms with van der Waals surface area (Å²) in [5.74, 6) is -1.03. The van der Waals surface area contributed by atoms with Crippen LogP contribution in [-0.4, -0.2) is 20.0 Å². The van der Waals surface area contributed by atoms with Gasteiger partial charge >= 0.3 is 0 Å². The maximum Gasteiger partial charge on any atom is 0.287 e. The minimum atomic E-state index is -4.14. The molecule has 6 nitrogen and oxygen atoms in total. The van der Waals surface area contributed by atoms with Gasteiger partial charge in [-0.25, -0.2) is 8.42 Å². The van der Waals surface area contributed by atoms with Crippen LogP contribution in [0.25, 0.3) is 5.70 Å². The van der Waals surface area contributed by atoms with Crippen molar-refractivity contribution in [3.05, 3.63) is 100 Å². The molecule has 0 fully saturated rings. The third kappa shape index (κ3) is 3.53. The average Bonchev–Trinajstić information content (AvgIpc) is 2.72. The van der Waals surface area contributed by atoms with Gasteiger partial charge in [0.05, 0.1) is 4.90 Å². The number of ketones is 2. The molecule has 0 unspecified atom stereocenters. The van der Waals surface area contributed by atoms with E-state index in [9.17, 15) is 18.0 Å². The fourth-order valence-electron chi connectivity index (χ4n) is 3.24. The summed E-state index contributed by atoms with van der Waals surface area (Å²) in [4.78, 5) is 26.4. The highest BCUT2D eigenvalue weighted by atomic mass is 35.5. The number of hydrogen-bond acceptors (Lipinski definition) is 4. The normalized spacial score (nSPS) is 13.9. The highest BCUT2D eigenvalue weighted by molar-refractivity contribution is 7.89. The van der Waals surface area contributed by atoms with Crippen molar-refractivity contribution in [3.63, 3.8) is 0 Å². The molecule has 0 radical (unpaired) electrons. The van der Waals surface area contributed by atoms with Crippen molar-refractivity contribution in [1.29, 1.82) is 0 Å². The van der Waals surface area contributed by atoms with Crippen molar-refractivity contribution in [2.75, 3.05) is 0 Å². The lowest BCUT2D eigenvalue weighted by Gasteiger charge is -2.18. The molecule has 2 aromatic carbocycles. The Balaban J connectivity index is 1.92. The molecule has 150 valence electrons. The zero-order valence-electron chi connectivity index (χ0n) is 15.8. The molecule has 0 atom stereocenters. The monoisotopic (exact) mass is 439 g/mol. The van der Waals surface area contributed by atoms with Gasteiger partial charge in [-0.05, 0) is 37.3 Å². The summed E-state index contributed by atoms with van der Waals surface area (Å²) in [5, 5.41) is 0.377. The summed E-state index contributed by atoms with van der Waals surface area (Å²) < 4.78 is 29.7. The van der Waals surface area contributed by atoms with Gasteiger partial charge in [0.25, 0.3) is 21.5 Å². The van der Waals surface area contributed by atoms with E-state index in [0.29, 0.717) is 5.02 Å². The topological polar surface area (TPSA) is 84.2 Å². The molecule has 0 spiro atoms. The fourth-order valence-corrected chi connectivity index (χ4v) is 4.44. The molecule has 0 amide bonds. The summed E-state index contributed by atoms with van der Waals surface area (Å²) in [6.45, 7) is 1.83. The SMILES string of the molecule is Cc1ccc[n+](C2=C(NS(=O)(=O)c3ccc(Cl)cc3)C(=O)c3ccccc3C2=O)c1. The van der Waals surface area contributed by atoms with Crippen molar-refractivity contribution < 1.29 is 22.6 Å². The first-order valence-corrected chi connectivity index (χ1v) is 10.8. The van der Waals surface area contributed by atoms with Crippen LogP contribution < -0.4 is 9.29 Å². The third-order valence-corrected chi connectivity index (χ3v) is 6.28. The van der Waals surface area contributed by atoms with Gasteiger partial charge in [0.2, 0.25) is 5.78 Å². The number of sulfonamides is 1. The summed E-state index contributed by atoms with van der Waals surface area (Å²) in [6, 6.07) is 15.4. The molecule has 1 aromatic heterocycles. The zero-order valence-corrected chi connectivity index (χ0v) is 17.4. The second kappa shape index (κ2) is 7.51. The Morgan fingerprint density at radius 1 is 0.867 bits per heavy atom. The number of nitrogens with zero attached hydrogens (tertiary/aromatic N) is 1. The minimum absolute atomic E-state index is 0.0556. The maximum atomic E-state index is 13.3. The van der Waals surface area contributed by atoms with E-state index in [0.717, 1.165) is 5.56 Å². The van der Waals surface area contributed by atoms with Gasteiger partial charge in [0.1, 0.15) is 0 Å². The summed E-state index contributed by atoms with van der Waals surface area (Å²) in [5.41, 5.74) is 0.850. The first-order valence-electron chi connectivity index (χ1n) is 8.97. The molecule has 3 aromatic rings. The maximum absolute atomic E-state index is 13.3. The quantitative estimate of drug-likeness (QED) is 0.633. The largest absolute Gasteiger partial charge is 0.287 e. The number of fused-ring (bicyclic) bond motifs is 1. The number of allylic oxidation sites excluding steroid dienone is 2. The lowest BCUT2D eigenvalue weighted by molar-refractivity contribution is -0.577. The van der Waals surface area contributed by atoms with E-state index < -0.39 is 21.6 Å². The molecule has 1 heterocycles. The summed E-state index contributed by atoms with van der Waals surface area (Å²) in [7, 11) is -4.14.